The molecule has 2 N–H and O–H groups in total. The van der Waals surface area contributed by atoms with Gasteiger partial charge in [0.1, 0.15) is 0 Å². The molecule has 6 heteroatoms. The van der Waals surface area contributed by atoms with Gasteiger partial charge >= 0.3 is 0 Å². The molecule has 1 fully saturated rings. The molecule has 0 saturated carbocycles. The van der Waals surface area contributed by atoms with E-state index in [1.54, 1.807) is 28.6 Å². The maximum Gasteiger partial charge on any atom is 0.243 e. The van der Waals surface area contributed by atoms with Gasteiger partial charge in [-0.15, -0.1) is 0 Å². The molecule has 1 saturated heterocycles. The number of rotatable bonds is 3. The van der Waals surface area contributed by atoms with Crippen LogP contribution in [0, 0.1) is 5.92 Å². The monoisotopic (exact) mass is 346 g/mol. The predicted molar refractivity (Wildman–Crippen MR) is 79.3 cm³/mol. The van der Waals surface area contributed by atoms with Crippen LogP contribution in [0.2, 0.25) is 0 Å². The van der Waals surface area contributed by atoms with Crippen LogP contribution < -0.4 is 5.73 Å². The van der Waals surface area contributed by atoms with Crippen molar-refractivity contribution in [3.05, 3.63) is 28.7 Å². The minimum Gasteiger partial charge on any atom is -0.328 e. The van der Waals surface area contributed by atoms with Gasteiger partial charge in [-0.1, -0.05) is 15.9 Å². The summed E-state index contributed by atoms with van der Waals surface area (Å²) in [6.45, 7) is 3.05. The van der Waals surface area contributed by atoms with Gasteiger partial charge in [0.05, 0.1) is 4.90 Å². The lowest BCUT2D eigenvalue weighted by atomic mass is 9.93. The number of benzene rings is 1. The molecule has 1 aromatic rings. The summed E-state index contributed by atoms with van der Waals surface area (Å²) in [5.74, 6) is 0.249. The summed E-state index contributed by atoms with van der Waals surface area (Å²) in [5.41, 5.74) is 5.90. The molecule has 106 valence electrons. The zero-order chi connectivity index (χ0) is 14.0. The number of hydrogen-bond donors (Lipinski definition) is 1. The second kappa shape index (κ2) is 5.91. The molecule has 2 rings (SSSR count). The van der Waals surface area contributed by atoms with Gasteiger partial charge in [0, 0.05) is 23.6 Å². The lowest BCUT2D eigenvalue weighted by Crippen LogP contribution is -2.44. The Hall–Kier alpha value is -0.430. The van der Waals surface area contributed by atoms with Crippen LogP contribution in [0.1, 0.15) is 19.8 Å². The topological polar surface area (TPSA) is 63.4 Å². The third-order valence-electron chi connectivity index (χ3n) is 3.62. The second-order valence-corrected chi connectivity index (χ2v) is 7.93. The van der Waals surface area contributed by atoms with Crippen LogP contribution in [0.5, 0.6) is 0 Å². The van der Waals surface area contributed by atoms with E-state index in [4.69, 9.17) is 5.73 Å². The Kier molecular flexibility index (Phi) is 4.66. The molecular weight excluding hydrogens is 328 g/mol. The number of hydrogen-bond acceptors (Lipinski definition) is 3. The molecule has 2 atom stereocenters. The molecule has 0 spiro atoms. The smallest absolute Gasteiger partial charge is 0.243 e. The fourth-order valence-corrected chi connectivity index (χ4v) is 4.18. The lowest BCUT2D eigenvalue weighted by Gasteiger charge is -2.33. The molecule has 0 radical (unpaired) electrons. The molecule has 0 amide bonds. The third kappa shape index (κ3) is 3.37. The van der Waals surface area contributed by atoms with E-state index in [0.717, 1.165) is 17.3 Å². The number of nitrogens with two attached hydrogens (primary N) is 1. The molecule has 4 nitrogen and oxygen atoms in total. The predicted octanol–water partition coefficient (Wildman–Crippen LogP) is 2.20. The first kappa shape index (κ1) is 15.0. The molecule has 1 aliphatic rings. The van der Waals surface area contributed by atoms with E-state index in [2.05, 4.69) is 15.9 Å². The van der Waals surface area contributed by atoms with E-state index in [0.29, 0.717) is 18.0 Å². The molecule has 0 aliphatic carbocycles. The van der Waals surface area contributed by atoms with Gasteiger partial charge in [-0.25, -0.2) is 8.42 Å². The Labute approximate surface area is 123 Å². The Morgan fingerprint density at radius 1 is 1.37 bits per heavy atom. The van der Waals surface area contributed by atoms with E-state index >= 15 is 0 Å². The standard InChI is InChI=1S/C13H19BrN2O2S/c1-10(15)11-3-2-8-16(9-11)19(17,18)13-6-4-12(14)5-7-13/h4-7,10-11H,2-3,8-9,15H2,1H3/t10-,11+/m0/s1. The summed E-state index contributed by atoms with van der Waals surface area (Å²) in [4.78, 5) is 0.348. The van der Waals surface area contributed by atoms with Crippen molar-refractivity contribution in [1.29, 1.82) is 0 Å². The minimum atomic E-state index is -3.39. The molecule has 1 heterocycles. The number of halogens is 1. The Bertz CT molecular complexity index is 528. The highest BCUT2D eigenvalue weighted by Crippen LogP contribution is 2.25. The fraction of sp³-hybridized carbons (Fsp3) is 0.538. The van der Waals surface area contributed by atoms with Crippen LogP contribution in [0.15, 0.2) is 33.6 Å². The number of piperidine rings is 1. The molecule has 1 aromatic carbocycles. The molecule has 1 aliphatic heterocycles. The fourth-order valence-electron chi connectivity index (χ4n) is 2.38. The van der Waals surface area contributed by atoms with Crippen molar-refractivity contribution in [1.82, 2.24) is 4.31 Å². The maximum atomic E-state index is 12.5. The summed E-state index contributed by atoms with van der Waals surface area (Å²) in [5, 5.41) is 0. The summed E-state index contributed by atoms with van der Waals surface area (Å²) >= 11 is 3.31. The van der Waals surface area contributed by atoms with Crippen molar-refractivity contribution >= 4 is 26.0 Å². The number of sulfonamides is 1. The third-order valence-corrected chi connectivity index (χ3v) is 6.02. The van der Waals surface area contributed by atoms with Gasteiger partial charge in [-0.05, 0) is 49.9 Å². The largest absolute Gasteiger partial charge is 0.328 e. The second-order valence-electron chi connectivity index (χ2n) is 5.08. The summed E-state index contributed by atoms with van der Waals surface area (Å²) in [7, 11) is -3.39. The van der Waals surface area contributed by atoms with Crippen molar-refractivity contribution in [2.75, 3.05) is 13.1 Å². The van der Waals surface area contributed by atoms with Crippen LogP contribution in [0.25, 0.3) is 0 Å². The first-order chi connectivity index (χ1) is 8.91. The van der Waals surface area contributed by atoms with E-state index in [9.17, 15) is 8.42 Å². The maximum absolute atomic E-state index is 12.5. The van der Waals surface area contributed by atoms with Gasteiger partial charge in [-0.3, -0.25) is 0 Å². The quantitative estimate of drug-likeness (QED) is 0.912. The van der Waals surface area contributed by atoms with Crippen molar-refractivity contribution in [3.63, 3.8) is 0 Å². The van der Waals surface area contributed by atoms with Gasteiger partial charge in [0.15, 0.2) is 0 Å². The molecular formula is C13H19BrN2O2S. The molecule has 0 unspecified atom stereocenters. The van der Waals surface area contributed by atoms with Crippen molar-refractivity contribution < 1.29 is 8.42 Å². The van der Waals surface area contributed by atoms with Crippen molar-refractivity contribution in [3.8, 4) is 0 Å². The van der Waals surface area contributed by atoms with Crippen LogP contribution >= 0.6 is 15.9 Å². The first-order valence-electron chi connectivity index (χ1n) is 6.42. The van der Waals surface area contributed by atoms with Gasteiger partial charge in [0.2, 0.25) is 10.0 Å². The normalized spacial score (nSPS) is 23.2. The summed E-state index contributed by atoms with van der Waals surface area (Å²) < 4.78 is 27.5. The van der Waals surface area contributed by atoms with E-state index in [1.165, 1.54) is 0 Å². The van der Waals surface area contributed by atoms with Crippen LogP contribution in [-0.4, -0.2) is 31.9 Å². The molecule has 19 heavy (non-hydrogen) atoms. The van der Waals surface area contributed by atoms with Crippen molar-refractivity contribution in [2.45, 2.75) is 30.7 Å². The highest BCUT2D eigenvalue weighted by Gasteiger charge is 2.31. The zero-order valence-electron chi connectivity index (χ0n) is 10.9. The van der Waals surface area contributed by atoms with Gasteiger partial charge in [-0.2, -0.15) is 4.31 Å². The van der Waals surface area contributed by atoms with E-state index in [-0.39, 0.29) is 12.0 Å². The highest BCUT2D eigenvalue weighted by atomic mass is 79.9. The van der Waals surface area contributed by atoms with E-state index < -0.39 is 10.0 Å². The number of nitrogens with zero attached hydrogens (tertiary/aromatic N) is 1. The Balaban J connectivity index is 2.22. The molecule has 0 bridgehead atoms. The first-order valence-corrected chi connectivity index (χ1v) is 8.66. The Morgan fingerprint density at radius 2 is 2.00 bits per heavy atom. The Morgan fingerprint density at radius 3 is 2.58 bits per heavy atom. The van der Waals surface area contributed by atoms with Crippen molar-refractivity contribution in [2.24, 2.45) is 11.7 Å². The minimum absolute atomic E-state index is 0.0305. The van der Waals surface area contributed by atoms with Crippen LogP contribution in [0.3, 0.4) is 0 Å². The lowest BCUT2D eigenvalue weighted by molar-refractivity contribution is 0.243. The zero-order valence-corrected chi connectivity index (χ0v) is 13.3. The van der Waals surface area contributed by atoms with Crippen LogP contribution in [0.4, 0.5) is 0 Å². The van der Waals surface area contributed by atoms with E-state index in [1.807, 2.05) is 6.92 Å². The highest BCUT2D eigenvalue weighted by molar-refractivity contribution is 9.10. The van der Waals surface area contributed by atoms with Gasteiger partial charge in [0.25, 0.3) is 0 Å². The summed E-state index contributed by atoms with van der Waals surface area (Å²) in [6, 6.07) is 6.80. The van der Waals surface area contributed by atoms with Crippen LogP contribution in [-0.2, 0) is 10.0 Å². The SMILES string of the molecule is C[C@H](N)[C@@H]1CCCN(S(=O)(=O)c2ccc(Br)cc2)C1. The average molecular weight is 347 g/mol. The summed E-state index contributed by atoms with van der Waals surface area (Å²) in [6.07, 6.45) is 1.88. The average Bonchev–Trinajstić information content (AvgIpc) is 2.39. The molecule has 0 aromatic heterocycles. The van der Waals surface area contributed by atoms with Gasteiger partial charge < -0.3 is 5.73 Å².